The summed E-state index contributed by atoms with van der Waals surface area (Å²) >= 11 is 0. The molecule has 1 radical (unpaired) electrons. The molecule has 2 unspecified atom stereocenters. The van der Waals surface area contributed by atoms with Gasteiger partial charge in [0, 0.05) is 23.1 Å². The molecule has 1 aromatic carbocycles. The van der Waals surface area contributed by atoms with E-state index in [1.165, 1.54) is 0 Å². The van der Waals surface area contributed by atoms with E-state index in [0.717, 1.165) is 5.56 Å². The van der Waals surface area contributed by atoms with Gasteiger partial charge in [-0.1, -0.05) is 30.3 Å². The van der Waals surface area contributed by atoms with Gasteiger partial charge in [-0.15, -0.1) is 0 Å². The first kappa shape index (κ1) is 12.7. The Balaban J connectivity index is 0.00000144. The van der Waals surface area contributed by atoms with Gasteiger partial charge in [-0.3, -0.25) is 0 Å². The molecule has 0 saturated carbocycles. The topological polar surface area (TPSA) is 32.3 Å². The van der Waals surface area contributed by atoms with E-state index in [0.29, 0.717) is 0 Å². The molecule has 2 N–H and O–H groups in total. The standard InChI is InChI=1S/C10H15NO.Cu/c1-8(11-2)10(12)9-6-4-3-5-7-9;/h3-8,10-12H,1-2H3;. The fourth-order valence-electron chi connectivity index (χ4n) is 1.10. The molecule has 2 atom stereocenters. The molecule has 0 aliphatic heterocycles. The minimum absolute atomic E-state index is 0. The quantitative estimate of drug-likeness (QED) is 0.766. The Morgan fingerprint density at radius 2 is 1.77 bits per heavy atom. The first-order chi connectivity index (χ1) is 5.75. The molecule has 2 nitrogen and oxygen atoms in total. The second-order valence-electron chi connectivity index (χ2n) is 2.93. The molecule has 1 aromatic rings. The van der Waals surface area contributed by atoms with Crippen LogP contribution in [-0.4, -0.2) is 18.2 Å². The third kappa shape index (κ3) is 3.49. The zero-order chi connectivity index (χ0) is 8.97. The van der Waals surface area contributed by atoms with E-state index in [-0.39, 0.29) is 23.1 Å². The normalized spacial score (nSPS) is 14.4. The first-order valence-corrected chi connectivity index (χ1v) is 4.16. The van der Waals surface area contributed by atoms with Crippen molar-refractivity contribution in [2.75, 3.05) is 7.05 Å². The van der Waals surface area contributed by atoms with E-state index in [2.05, 4.69) is 5.32 Å². The molecule has 0 spiro atoms. The van der Waals surface area contributed by atoms with Crippen LogP contribution in [0.5, 0.6) is 0 Å². The molecule has 0 fully saturated rings. The third-order valence-electron chi connectivity index (χ3n) is 2.07. The van der Waals surface area contributed by atoms with Crippen molar-refractivity contribution in [3.8, 4) is 0 Å². The van der Waals surface area contributed by atoms with E-state index >= 15 is 0 Å². The van der Waals surface area contributed by atoms with Crippen LogP contribution in [0.3, 0.4) is 0 Å². The average molecular weight is 229 g/mol. The Kier molecular flexibility index (Phi) is 6.00. The van der Waals surface area contributed by atoms with Crippen LogP contribution >= 0.6 is 0 Å². The average Bonchev–Trinajstić information content (AvgIpc) is 2.17. The molecule has 0 saturated heterocycles. The zero-order valence-corrected chi connectivity index (χ0v) is 8.73. The van der Waals surface area contributed by atoms with Crippen LogP contribution in [0.15, 0.2) is 30.3 Å². The van der Waals surface area contributed by atoms with Gasteiger partial charge in [-0.05, 0) is 19.5 Å². The minimum Gasteiger partial charge on any atom is -0.387 e. The number of rotatable bonds is 3. The Labute approximate surface area is 89.8 Å². The van der Waals surface area contributed by atoms with E-state index in [9.17, 15) is 5.11 Å². The van der Waals surface area contributed by atoms with Crippen molar-refractivity contribution in [2.45, 2.75) is 19.1 Å². The molecule has 13 heavy (non-hydrogen) atoms. The molecule has 1 rings (SSSR count). The van der Waals surface area contributed by atoms with Crippen LogP contribution in [0.25, 0.3) is 0 Å². The predicted molar refractivity (Wildman–Crippen MR) is 49.9 cm³/mol. The van der Waals surface area contributed by atoms with Crippen LogP contribution in [0, 0.1) is 0 Å². The molecule has 0 aromatic heterocycles. The van der Waals surface area contributed by atoms with Crippen LogP contribution in [0.2, 0.25) is 0 Å². The van der Waals surface area contributed by atoms with Crippen molar-refractivity contribution in [3.63, 3.8) is 0 Å². The van der Waals surface area contributed by atoms with Crippen molar-refractivity contribution >= 4 is 0 Å². The van der Waals surface area contributed by atoms with Crippen LogP contribution < -0.4 is 5.32 Å². The summed E-state index contributed by atoms with van der Waals surface area (Å²) in [5.41, 5.74) is 0.958. The predicted octanol–water partition coefficient (Wildman–Crippen LogP) is 1.33. The first-order valence-electron chi connectivity index (χ1n) is 4.16. The van der Waals surface area contributed by atoms with E-state index < -0.39 is 6.10 Å². The van der Waals surface area contributed by atoms with Crippen LogP contribution in [0.1, 0.15) is 18.6 Å². The number of aliphatic hydroxyl groups is 1. The maximum atomic E-state index is 9.73. The molecule has 0 aliphatic carbocycles. The maximum absolute atomic E-state index is 9.73. The third-order valence-corrected chi connectivity index (χ3v) is 2.07. The monoisotopic (exact) mass is 228 g/mol. The largest absolute Gasteiger partial charge is 0.387 e. The number of benzene rings is 1. The number of hydrogen-bond acceptors (Lipinski definition) is 2. The van der Waals surface area contributed by atoms with E-state index in [4.69, 9.17) is 0 Å². The van der Waals surface area contributed by atoms with Crippen molar-refractivity contribution in [1.29, 1.82) is 0 Å². The summed E-state index contributed by atoms with van der Waals surface area (Å²) < 4.78 is 0. The Bertz CT molecular complexity index is 228. The van der Waals surface area contributed by atoms with Gasteiger partial charge >= 0.3 is 0 Å². The van der Waals surface area contributed by atoms with E-state index in [1.54, 1.807) is 0 Å². The zero-order valence-electron chi connectivity index (χ0n) is 7.79. The summed E-state index contributed by atoms with van der Waals surface area (Å²) in [7, 11) is 1.84. The number of likely N-dealkylation sites (N-methyl/N-ethyl adjacent to an activating group) is 1. The van der Waals surface area contributed by atoms with Gasteiger partial charge in [-0.25, -0.2) is 0 Å². The van der Waals surface area contributed by atoms with Gasteiger partial charge in [0.2, 0.25) is 0 Å². The SMILES string of the molecule is CNC(C)C(O)c1ccccc1.[Cu]. The molecular weight excluding hydrogens is 214 g/mol. The summed E-state index contributed by atoms with van der Waals surface area (Å²) in [6.07, 6.45) is -0.420. The number of hydrogen-bond donors (Lipinski definition) is 2. The van der Waals surface area contributed by atoms with Gasteiger partial charge in [0.15, 0.2) is 0 Å². The summed E-state index contributed by atoms with van der Waals surface area (Å²) in [4.78, 5) is 0. The minimum atomic E-state index is -0.420. The Morgan fingerprint density at radius 3 is 2.23 bits per heavy atom. The molecule has 0 amide bonds. The van der Waals surface area contributed by atoms with Crippen molar-refractivity contribution < 1.29 is 22.2 Å². The summed E-state index contributed by atoms with van der Waals surface area (Å²) in [5, 5.41) is 12.7. The number of aliphatic hydroxyl groups excluding tert-OH is 1. The summed E-state index contributed by atoms with van der Waals surface area (Å²) in [6.45, 7) is 1.96. The Hall–Kier alpha value is -0.341. The van der Waals surface area contributed by atoms with Crippen molar-refractivity contribution in [1.82, 2.24) is 5.32 Å². The second kappa shape index (κ2) is 6.16. The van der Waals surface area contributed by atoms with Gasteiger partial charge in [0.25, 0.3) is 0 Å². The van der Waals surface area contributed by atoms with Gasteiger partial charge in [0.05, 0.1) is 6.10 Å². The van der Waals surface area contributed by atoms with E-state index in [1.807, 2.05) is 44.3 Å². The molecule has 0 heterocycles. The second-order valence-corrected chi connectivity index (χ2v) is 2.93. The molecule has 3 heteroatoms. The Morgan fingerprint density at radius 1 is 1.23 bits per heavy atom. The van der Waals surface area contributed by atoms with Crippen LogP contribution in [-0.2, 0) is 17.1 Å². The maximum Gasteiger partial charge on any atom is 0.0940 e. The van der Waals surface area contributed by atoms with Crippen LogP contribution in [0.4, 0.5) is 0 Å². The summed E-state index contributed by atoms with van der Waals surface area (Å²) in [5.74, 6) is 0. The molecule has 0 aliphatic rings. The summed E-state index contributed by atoms with van der Waals surface area (Å²) in [6, 6.07) is 9.76. The molecule has 77 valence electrons. The van der Waals surface area contributed by atoms with Crippen molar-refractivity contribution in [2.24, 2.45) is 0 Å². The van der Waals surface area contributed by atoms with Gasteiger partial charge < -0.3 is 10.4 Å². The molecular formula is C10H15CuNO. The van der Waals surface area contributed by atoms with Gasteiger partial charge in [0.1, 0.15) is 0 Å². The fraction of sp³-hybridized carbons (Fsp3) is 0.400. The fourth-order valence-corrected chi connectivity index (χ4v) is 1.10. The molecule has 0 bridgehead atoms. The van der Waals surface area contributed by atoms with Crippen molar-refractivity contribution in [3.05, 3.63) is 35.9 Å². The smallest absolute Gasteiger partial charge is 0.0940 e. The number of nitrogens with one attached hydrogen (secondary N) is 1. The van der Waals surface area contributed by atoms with Gasteiger partial charge in [-0.2, -0.15) is 0 Å².